The number of aromatic nitrogens is 1. The van der Waals surface area contributed by atoms with Crippen LogP contribution >= 0.6 is 11.3 Å². The molecule has 7 heteroatoms. The Morgan fingerprint density at radius 2 is 2.00 bits per heavy atom. The molecule has 0 radical (unpaired) electrons. The van der Waals surface area contributed by atoms with Crippen molar-refractivity contribution in [2.75, 3.05) is 18.2 Å². The average Bonchev–Trinajstić information content (AvgIpc) is 2.85. The predicted molar refractivity (Wildman–Crippen MR) is 72.3 cm³/mol. The summed E-state index contributed by atoms with van der Waals surface area (Å²) in [4.78, 5) is 26.9. The van der Waals surface area contributed by atoms with E-state index in [1.165, 1.54) is 18.4 Å². The molecule has 0 aliphatic rings. The molecule has 2 rings (SSSR count). The number of thiazole rings is 1. The Kier molecular flexibility index (Phi) is 3.76. The van der Waals surface area contributed by atoms with Crippen molar-refractivity contribution in [2.24, 2.45) is 0 Å². The molecule has 0 bridgehead atoms. The summed E-state index contributed by atoms with van der Waals surface area (Å²) in [6.07, 6.45) is 0. The summed E-state index contributed by atoms with van der Waals surface area (Å²) in [5.74, 6) is -0.774. The molecule has 0 saturated heterocycles. The number of carbonyl (C=O) groups is 2. The topological polar surface area (TPSA) is 94.3 Å². The molecule has 0 aliphatic heterocycles. The lowest BCUT2D eigenvalue weighted by Crippen LogP contribution is -2.12. The van der Waals surface area contributed by atoms with Gasteiger partial charge in [0.05, 0.1) is 12.7 Å². The van der Waals surface area contributed by atoms with Gasteiger partial charge in [-0.05, 0) is 24.3 Å². The van der Waals surface area contributed by atoms with Gasteiger partial charge in [0.15, 0.2) is 5.13 Å². The predicted octanol–water partition coefficient (Wildman–Crippen LogP) is 1.76. The molecule has 2 aromatic rings. The lowest BCUT2D eigenvalue weighted by Gasteiger charge is -2.04. The molecule has 0 fully saturated rings. The quantitative estimate of drug-likeness (QED) is 0.834. The zero-order valence-corrected chi connectivity index (χ0v) is 10.9. The summed E-state index contributed by atoms with van der Waals surface area (Å²) in [6.45, 7) is 0. The maximum absolute atomic E-state index is 11.8. The highest BCUT2D eigenvalue weighted by atomic mass is 32.1. The first kappa shape index (κ1) is 13.0. The van der Waals surface area contributed by atoms with Crippen LogP contribution in [-0.4, -0.2) is 24.0 Å². The van der Waals surface area contributed by atoms with Crippen LogP contribution in [0.5, 0.6) is 0 Å². The number of hydrogen-bond acceptors (Lipinski definition) is 6. The van der Waals surface area contributed by atoms with Crippen LogP contribution in [0.4, 0.5) is 10.8 Å². The Labute approximate surface area is 113 Å². The van der Waals surface area contributed by atoms with Crippen LogP contribution in [0.1, 0.15) is 20.8 Å². The first-order chi connectivity index (χ1) is 9.10. The van der Waals surface area contributed by atoms with Gasteiger partial charge in [0.25, 0.3) is 5.91 Å². The van der Waals surface area contributed by atoms with Crippen molar-refractivity contribution in [3.8, 4) is 0 Å². The summed E-state index contributed by atoms with van der Waals surface area (Å²) in [5, 5.41) is 4.57. The van der Waals surface area contributed by atoms with Crippen molar-refractivity contribution >= 4 is 34.0 Å². The molecule has 1 amide bonds. The molecule has 1 aromatic heterocycles. The van der Waals surface area contributed by atoms with Crippen LogP contribution < -0.4 is 11.1 Å². The van der Waals surface area contributed by atoms with Gasteiger partial charge in [0.1, 0.15) is 5.69 Å². The Morgan fingerprint density at radius 3 is 2.53 bits per heavy atom. The van der Waals surface area contributed by atoms with Crippen LogP contribution in [0.15, 0.2) is 29.6 Å². The first-order valence-electron chi connectivity index (χ1n) is 5.31. The lowest BCUT2D eigenvalue weighted by atomic mass is 10.2. The van der Waals surface area contributed by atoms with Crippen molar-refractivity contribution in [1.29, 1.82) is 0 Å². The summed E-state index contributed by atoms with van der Waals surface area (Å²) < 4.78 is 4.58. The largest absolute Gasteiger partial charge is 0.465 e. The van der Waals surface area contributed by atoms with Crippen molar-refractivity contribution in [3.05, 3.63) is 40.9 Å². The van der Waals surface area contributed by atoms with Crippen LogP contribution in [0.3, 0.4) is 0 Å². The van der Waals surface area contributed by atoms with Crippen LogP contribution in [0.25, 0.3) is 0 Å². The van der Waals surface area contributed by atoms with E-state index in [4.69, 9.17) is 5.73 Å². The highest BCUT2D eigenvalue weighted by Gasteiger charge is 2.10. The fourth-order valence-electron chi connectivity index (χ4n) is 1.39. The smallest absolute Gasteiger partial charge is 0.337 e. The summed E-state index contributed by atoms with van der Waals surface area (Å²) in [5.41, 5.74) is 6.69. The molecule has 0 unspecified atom stereocenters. The number of hydrogen-bond donors (Lipinski definition) is 2. The van der Waals surface area contributed by atoms with E-state index in [0.29, 0.717) is 16.4 Å². The number of esters is 1. The molecular weight excluding hydrogens is 266 g/mol. The highest BCUT2D eigenvalue weighted by Crippen LogP contribution is 2.14. The minimum atomic E-state index is -0.426. The SMILES string of the molecule is COC(=O)c1ccc(NC(=O)c2csc(N)n2)cc1. The second kappa shape index (κ2) is 5.49. The number of rotatable bonds is 3. The number of ether oxygens (including phenoxy) is 1. The number of nitrogen functional groups attached to an aromatic ring is 1. The third kappa shape index (κ3) is 3.08. The minimum Gasteiger partial charge on any atom is -0.465 e. The normalized spacial score (nSPS) is 9.95. The van der Waals surface area contributed by atoms with Crippen molar-refractivity contribution in [1.82, 2.24) is 4.98 Å². The number of benzene rings is 1. The van der Waals surface area contributed by atoms with E-state index in [2.05, 4.69) is 15.0 Å². The third-order valence-corrected chi connectivity index (χ3v) is 2.99. The van der Waals surface area contributed by atoms with E-state index in [1.54, 1.807) is 29.6 Å². The number of nitrogens with one attached hydrogen (secondary N) is 1. The van der Waals surface area contributed by atoms with Gasteiger partial charge >= 0.3 is 5.97 Å². The van der Waals surface area contributed by atoms with Crippen molar-refractivity contribution < 1.29 is 14.3 Å². The van der Waals surface area contributed by atoms with Crippen LogP contribution in [-0.2, 0) is 4.74 Å². The van der Waals surface area contributed by atoms with Gasteiger partial charge in [-0.25, -0.2) is 9.78 Å². The second-order valence-electron chi connectivity index (χ2n) is 3.59. The summed E-state index contributed by atoms with van der Waals surface area (Å²) in [7, 11) is 1.31. The van der Waals surface area contributed by atoms with Gasteiger partial charge in [-0.2, -0.15) is 0 Å². The van der Waals surface area contributed by atoms with Gasteiger partial charge in [0.2, 0.25) is 0 Å². The Bertz CT molecular complexity index is 607. The van der Waals surface area contributed by atoms with Gasteiger partial charge in [0, 0.05) is 11.1 Å². The maximum atomic E-state index is 11.8. The molecule has 0 spiro atoms. The molecule has 6 nitrogen and oxygen atoms in total. The zero-order chi connectivity index (χ0) is 13.8. The van der Waals surface area contributed by atoms with E-state index in [1.807, 2.05) is 0 Å². The molecule has 0 saturated carbocycles. The van der Waals surface area contributed by atoms with Gasteiger partial charge in [-0.1, -0.05) is 0 Å². The maximum Gasteiger partial charge on any atom is 0.337 e. The average molecular weight is 277 g/mol. The van der Waals surface area contributed by atoms with Crippen molar-refractivity contribution in [3.63, 3.8) is 0 Å². The second-order valence-corrected chi connectivity index (χ2v) is 4.48. The molecule has 19 heavy (non-hydrogen) atoms. The Hall–Kier alpha value is -2.41. The van der Waals surface area contributed by atoms with Crippen molar-refractivity contribution in [2.45, 2.75) is 0 Å². The van der Waals surface area contributed by atoms with Gasteiger partial charge in [-0.15, -0.1) is 11.3 Å². The molecule has 1 heterocycles. The zero-order valence-electron chi connectivity index (χ0n) is 10.0. The lowest BCUT2D eigenvalue weighted by molar-refractivity contribution is 0.0600. The number of carbonyl (C=O) groups excluding carboxylic acids is 2. The molecule has 0 atom stereocenters. The third-order valence-electron chi connectivity index (χ3n) is 2.32. The highest BCUT2D eigenvalue weighted by molar-refractivity contribution is 7.13. The number of methoxy groups -OCH3 is 1. The first-order valence-corrected chi connectivity index (χ1v) is 6.19. The molecule has 98 valence electrons. The number of amides is 1. The standard InChI is InChI=1S/C12H11N3O3S/c1-18-11(17)7-2-4-8(5-3-7)14-10(16)9-6-19-12(13)15-9/h2-6H,1H3,(H2,13,15)(H,14,16). The number of nitrogens with zero attached hydrogens (tertiary/aromatic N) is 1. The van der Waals surface area contributed by atoms with Gasteiger partial charge in [-0.3, -0.25) is 4.79 Å². The fourth-order valence-corrected chi connectivity index (χ4v) is 1.94. The van der Waals surface area contributed by atoms with Crippen LogP contribution in [0, 0.1) is 0 Å². The minimum absolute atomic E-state index is 0.263. The number of nitrogens with two attached hydrogens (primary N) is 1. The van der Waals surface area contributed by atoms with E-state index >= 15 is 0 Å². The van der Waals surface area contributed by atoms with Gasteiger partial charge < -0.3 is 15.8 Å². The Balaban J connectivity index is 2.07. The summed E-state index contributed by atoms with van der Waals surface area (Å²) in [6, 6.07) is 6.35. The van der Waals surface area contributed by atoms with E-state index in [-0.39, 0.29) is 11.6 Å². The van der Waals surface area contributed by atoms with E-state index < -0.39 is 5.97 Å². The summed E-state index contributed by atoms with van der Waals surface area (Å²) >= 11 is 1.20. The van der Waals surface area contributed by atoms with E-state index in [0.717, 1.165) is 0 Å². The number of anilines is 2. The molecular formula is C12H11N3O3S. The molecule has 0 aliphatic carbocycles. The fraction of sp³-hybridized carbons (Fsp3) is 0.0833. The molecule has 3 N–H and O–H groups in total. The van der Waals surface area contributed by atoms with Crippen LogP contribution in [0.2, 0.25) is 0 Å². The van der Waals surface area contributed by atoms with E-state index in [9.17, 15) is 9.59 Å². The monoisotopic (exact) mass is 277 g/mol. The molecule has 1 aromatic carbocycles. The Morgan fingerprint density at radius 1 is 1.32 bits per heavy atom.